The van der Waals surface area contributed by atoms with Crippen molar-refractivity contribution in [1.29, 1.82) is 0 Å². The molecule has 0 aliphatic heterocycles. The zero-order chi connectivity index (χ0) is 14.1. The van der Waals surface area contributed by atoms with Crippen LogP contribution in [-0.2, 0) is 0 Å². The normalized spacial score (nSPS) is 12.0. The summed E-state index contributed by atoms with van der Waals surface area (Å²) in [5.41, 5.74) is 0. The molecule has 0 aliphatic rings. The van der Waals surface area contributed by atoms with Gasteiger partial charge in [-0.25, -0.2) is 0 Å². The molecular weight excluding hydrogens is 341 g/mol. The summed E-state index contributed by atoms with van der Waals surface area (Å²) in [6.45, 7) is 8.91. The Balaban J connectivity index is 2.93. The average Bonchev–Trinajstić information content (AvgIpc) is 2.85. The molecular formula is C16H31NOSn. The van der Waals surface area contributed by atoms with Crippen LogP contribution < -0.4 is 3.78 Å². The number of rotatable bonds is 10. The summed E-state index contributed by atoms with van der Waals surface area (Å²) < 4.78 is 11.7. The van der Waals surface area contributed by atoms with Crippen LogP contribution in [0.5, 0.6) is 0 Å². The number of unbranched alkanes of at least 4 members (excludes halogenated alkanes) is 3. The molecule has 0 saturated heterocycles. The second kappa shape index (κ2) is 9.04. The van der Waals surface area contributed by atoms with E-state index in [9.17, 15) is 0 Å². The van der Waals surface area contributed by atoms with Crippen molar-refractivity contribution in [2.75, 3.05) is 0 Å². The molecule has 1 rings (SSSR count). The molecule has 0 saturated carbocycles. The van der Waals surface area contributed by atoms with E-state index in [4.69, 9.17) is 4.42 Å². The van der Waals surface area contributed by atoms with E-state index in [1.807, 2.05) is 6.92 Å². The Morgan fingerprint density at radius 3 is 1.74 bits per heavy atom. The van der Waals surface area contributed by atoms with Gasteiger partial charge in [-0.3, -0.25) is 0 Å². The van der Waals surface area contributed by atoms with Crippen molar-refractivity contribution < 1.29 is 4.42 Å². The van der Waals surface area contributed by atoms with Gasteiger partial charge in [0.25, 0.3) is 0 Å². The molecule has 3 heteroatoms. The summed E-state index contributed by atoms with van der Waals surface area (Å²) in [4.78, 5) is 4.39. The molecule has 1 aromatic rings. The Morgan fingerprint density at radius 2 is 1.42 bits per heavy atom. The zero-order valence-corrected chi connectivity index (χ0v) is 16.2. The van der Waals surface area contributed by atoms with Gasteiger partial charge in [-0.15, -0.1) is 0 Å². The topological polar surface area (TPSA) is 26.0 Å². The van der Waals surface area contributed by atoms with Crippen LogP contribution in [0.25, 0.3) is 0 Å². The van der Waals surface area contributed by atoms with Crippen molar-refractivity contribution >= 4 is 22.2 Å². The molecule has 2 nitrogen and oxygen atoms in total. The van der Waals surface area contributed by atoms with E-state index in [0.29, 0.717) is 0 Å². The summed E-state index contributed by atoms with van der Waals surface area (Å²) in [7, 11) is 0. The summed E-state index contributed by atoms with van der Waals surface area (Å²) in [6.07, 6.45) is 10.1. The Bertz CT molecular complexity index is 326. The van der Waals surface area contributed by atoms with Crippen LogP contribution in [-0.4, -0.2) is 23.4 Å². The standard InChI is InChI=1S/C4H4NO.3C4H9.Sn/c1-4-5-2-3-6-4;3*1-3-4-2;/h2H,1H3;3*1,3-4H2,2H3;. The molecule has 1 aromatic heterocycles. The van der Waals surface area contributed by atoms with Crippen LogP contribution in [0.15, 0.2) is 10.6 Å². The van der Waals surface area contributed by atoms with Gasteiger partial charge in [-0.1, -0.05) is 0 Å². The molecule has 1 heterocycles. The maximum absolute atomic E-state index is 6.02. The number of hydrogen-bond acceptors (Lipinski definition) is 2. The first-order valence-electron chi connectivity index (χ1n) is 8.11. The van der Waals surface area contributed by atoms with Gasteiger partial charge < -0.3 is 0 Å². The number of aryl methyl sites for hydroxylation is 1. The predicted octanol–water partition coefficient (Wildman–Crippen LogP) is 5.04. The first kappa shape index (κ1) is 17.1. The van der Waals surface area contributed by atoms with E-state index in [0.717, 1.165) is 5.89 Å². The van der Waals surface area contributed by atoms with Crippen LogP contribution in [0.3, 0.4) is 0 Å². The minimum absolute atomic E-state index is 0.862. The molecule has 0 aliphatic carbocycles. The maximum atomic E-state index is 6.02. The van der Waals surface area contributed by atoms with Gasteiger partial charge in [0.05, 0.1) is 0 Å². The Hall–Kier alpha value is 0.00870. The molecule has 0 radical (unpaired) electrons. The van der Waals surface area contributed by atoms with Crippen molar-refractivity contribution in [3.05, 3.63) is 12.1 Å². The van der Waals surface area contributed by atoms with E-state index in [1.54, 1.807) is 0 Å². The van der Waals surface area contributed by atoms with Crippen molar-refractivity contribution in [1.82, 2.24) is 4.98 Å². The first-order chi connectivity index (χ1) is 9.18. The number of hydrogen-bond donors (Lipinski definition) is 0. The Morgan fingerprint density at radius 1 is 0.947 bits per heavy atom. The molecule has 0 fully saturated rings. The third-order valence-electron chi connectivity index (χ3n) is 4.17. The van der Waals surface area contributed by atoms with Crippen molar-refractivity contribution in [2.24, 2.45) is 0 Å². The van der Waals surface area contributed by atoms with Crippen molar-refractivity contribution in [3.8, 4) is 0 Å². The summed E-state index contributed by atoms with van der Waals surface area (Å²) in [5.74, 6) is 0.862. The van der Waals surface area contributed by atoms with Gasteiger partial charge in [0.15, 0.2) is 0 Å². The average molecular weight is 372 g/mol. The SMILES string of the molecule is CCC[CH2][Sn]([CH2]CCC)([CH2]CCC)[c]1cnc(C)o1. The van der Waals surface area contributed by atoms with Crippen LogP contribution in [0.1, 0.15) is 65.2 Å². The van der Waals surface area contributed by atoms with Crippen molar-refractivity contribution in [2.45, 2.75) is 79.5 Å². The molecule has 0 unspecified atom stereocenters. The van der Waals surface area contributed by atoms with E-state index in [2.05, 4.69) is 32.0 Å². The zero-order valence-electron chi connectivity index (χ0n) is 13.3. The second-order valence-corrected chi connectivity index (χ2v) is 18.8. The van der Waals surface area contributed by atoms with Crippen molar-refractivity contribution in [3.63, 3.8) is 0 Å². The van der Waals surface area contributed by atoms with E-state index in [1.165, 1.54) is 55.6 Å². The predicted molar refractivity (Wildman–Crippen MR) is 85.8 cm³/mol. The van der Waals surface area contributed by atoms with Gasteiger partial charge in [0.1, 0.15) is 0 Å². The fraction of sp³-hybridized carbons (Fsp3) is 0.812. The summed E-state index contributed by atoms with van der Waals surface area (Å²) >= 11 is -2.30. The third kappa shape index (κ3) is 5.13. The van der Waals surface area contributed by atoms with Crippen LogP contribution in [0.2, 0.25) is 13.3 Å². The van der Waals surface area contributed by atoms with Crippen LogP contribution in [0.4, 0.5) is 0 Å². The Kier molecular flexibility index (Phi) is 8.12. The molecule has 0 N–H and O–H groups in total. The molecule has 0 spiro atoms. The van der Waals surface area contributed by atoms with E-state index >= 15 is 0 Å². The fourth-order valence-corrected chi connectivity index (χ4v) is 18.0. The van der Waals surface area contributed by atoms with E-state index in [-0.39, 0.29) is 0 Å². The molecule has 0 bridgehead atoms. The Labute approximate surface area is 123 Å². The molecule has 0 amide bonds. The van der Waals surface area contributed by atoms with Crippen LogP contribution in [0, 0.1) is 6.92 Å². The van der Waals surface area contributed by atoms with Gasteiger partial charge >= 0.3 is 123 Å². The monoisotopic (exact) mass is 373 g/mol. The first-order valence-corrected chi connectivity index (χ1v) is 15.6. The number of oxazole rings is 1. The molecule has 110 valence electrons. The quantitative estimate of drug-likeness (QED) is 0.538. The third-order valence-corrected chi connectivity index (χ3v) is 19.0. The van der Waals surface area contributed by atoms with Gasteiger partial charge in [-0.2, -0.15) is 0 Å². The fourth-order valence-electron chi connectivity index (χ4n) is 2.90. The molecule has 19 heavy (non-hydrogen) atoms. The summed E-state index contributed by atoms with van der Waals surface area (Å²) in [6, 6.07) is 0. The molecule has 0 aromatic carbocycles. The molecule has 0 atom stereocenters. The van der Waals surface area contributed by atoms with Gasteiger partial charge in [-0.05, 0) is 0 Å². The number of aromatic nitrogens is 1. The minimum atomic E-state index is -2.30. The van der Waals surface area contributed by atoms with Crippen LogP contribution >= 0.6 is 0 Å². The van der Waals surface area contributed by atoms with Gasteiger partial charge in [0, 0.05) is 0 Å². The van der Waals surface area contributed by atoms with Gasteiger partial charge in [0.2, 0.25) is 0 Å². The number of nitrogens with zero attached hydrogens (tertiary/aromatic N) is 1. The van der Waals surface area contributed by atoms with E-state index < -0.39 is 18.4 Å². The second-order valence-electron chi connectivity index (χ2n) is 5.83. The summed E-state index contributed by atoms with van der Waals surface area (Å²) in [5, 5.41) is 0.